The molecule has 0 saturated carbocycles. The molecule has 2 N–H and O–H groups in total. The highest BCUT2D eigenvalue weighted by molar-refractivity contribution is 6.32. The average molecular weight is 423 g/mol. The largest absolute Gasteiger partial charge is 0.507 e. The van der Waals surface area contributed by atoms with E-state index in [4.69, 9.17) is 20.8 Å². The number of nitrogens with one attached hydrogen (secondary N) is 1. The van der Waals surface area contributed by atoms with Crippen molar-refractivity contribution in [3.05, 3.63) is 70.2 Å². The summed E-state index contributed by atoms with van der Waals surface area (Å²) < 4.78 is 10.9. The molecule has 0 spiro atoms. The highest BCUT2D eigenvalue weighted by Crippen LogP contribution is 2.34. The summed E-state index contributed by atoms with van der Waals surface area (Å²) >= 11 is 6.08. The summed E-state index contributed by atoms with van der Waals surface area (Å²) in [5.74, 6) is 0.381. The van der Waals surface area contributed by atoms with E-state index < -0.39 is 0 Å². The minimum absolute atomic E-state index is 0.0550. The Morgan fingerprint density at radius 2 is 1.87 bits per heavy atom. The van der Waals surface area contributed by atoms with Crippen molar-refractivity contribution in [3.8, 4) is 23.0 Å². The Hall–Kier alpha value is -3.51. The van der Waals surface area contributed by atoms with Crippen LogP contribution in [0.3, 0.4) is 0 Å². The number of nitrogens with zero attached hydrogens (tertiary/aromatic N) is 1. The van der Waals surface area contributed by atoms with Crippen LogP contribution in [0.5, 0.6) is 11.5 Å². The molecule has 152 valence electrons. The molecule has 1 amide bonds. The second kappa shape index (κ2) is 7.72. The number of hydrogen-bond donors (Lipinski definition) is 2. The number of aryl methyl sites for hydroxylation is 2. The third-order valence-corrected chi connectivity index (χ3v) is 5.20. The molecular weight excluding hydrogens is 404 g/mol. The van der Waals surface area contributed by atoms with Gasteiger partial charge >= 0.3 is 0 Å². The number of oxazole rings is 1. The Labute approximate surface area is 178 Å². The van der Waals surface area contributed by atoms with Crippen LogP contribution in [0.15, 0.2) is 52.9 Å². The van der Waals surface area contributed by atoms with Gasteiger partial charge in [0.2, 0.25) is 5.89 Å². The first-order valence-electron chi connectivity index (χ1n) is 9.22. The van der Waals surface area contributed by atoms with Crippen LogP contribution in [0.25, 0.3) is 22.6 Å². The highest BCUT2D eigenvalue weighted by Gasteiger charge is 2.15. The van der Waals surface area contributed by atoms with Crippen molar-refractivity contribution in [1.29, 1.82) is 0 Å². The van der Waals surface area contributed by atoms with E-state index in [0.717, 1.165) is 16.6 Å². The number of aromatic hydroxyl groups is 1. The van der Waals surface area contributed by atoms with E-state index in [1.54, 1.807) is 24.3 Å². The summed E-state index contributed by atoms with van der Waals surface area (Å²) in [6.45, 7) is 4.01. The fourth-order valence-corrected chi connectivity index (χ4v) is 3.35. The summed E-state index contributed by atoms with van der Waals surface area (Å²) in [4.78, 5) is 17.0. The first-order chi connectivity index (χ1) is 14.4. The van der Waals surface area contributed by atoms with E-state index in [1.165, 1.54) is 19.2 Å². The number of phenols is 1. The van der Waals surface area contributed by atoms with Gasteiger partial charge in [0.05, 0.1) is 17.7 Å². The van der Waals surface area contributed by atoms with Gasteiger partial charge in [-0.05, 0) is 67.4 Å². The molecule has 4 rings (SSSR count). The number of benzene rings is 3. The van der Waals surface area contributed by atoms with Crippen LogP contribution in [0, 0.1) is 13.8 Å². The molecule has 0 bridgehead atoms. The Bertz CT molecular complexity index is 1240. The maximum absolute atomic E-state index is 12.5. The monoisotopic (exact) mass is 422 g/mol. The SMILES string of the molecule is COc1ccc(C(=O)Nc2ccc(-c3nc4cc(C)c(C)cc4o3)c(O)c2)cc1Cl. The molecule has 7 heteroatoms. The fraction of sp³-hybridized carbons (Fsp3) is 0.130. The van der Waals surface area contributed by atoms with Crippen LogP contribution in [-0.2, 0) is 0 Å². The van der Waals surface area contributed by atoms with Gasteiger partial charge in [0.25, 0.3) is 5.91 Å². The second-order valence-corrected chi connectivity index (χ2v) is 7.37. The number of carbonyl (C=O) groups excluding carboxylic acids is 1. The maximum Gasteiger partial charge on any atom is 0.255 e. The summed E-state index contributed by atoms with van der Waals surface area (Å²) in [7, 11) is 1.50. The molecule has 0 aliphatic carbocycles. The lowest BCUT2D eigenvalue weighted by atomic mass is 10.1. The molecule has 0 saturated heterocycles. The van der Waals surface area contributed by atoms with Crippen LogP contribution >= 0.6 is 11.6 Å². The Morgan fingerprint density at radius 1 is 1.10 bits per heavy atom. The Kier molecular flexibility index (Phi) is 5.10. The van der Waals surface area contributed by atoms with Crippen molar-refractivity contribution in [2.24, 2.45) is 0 Å². The van der Waals surface area contributed by atoms with Gasteiger partial charge in [0.1, 0.15) is 17.0 Å². The number of ether oxygens (including phenoxy) is 1. The van der Waals surface area contributed by atoms with Crippen molar-refractivity contribution in [2.75, 3.05) is 12.4 Å². The van der Waals surface area contributed by atoms with Crippen molar-refractivity contribution >= 4 is 34.3 Å². The molecule has 0 aliphatic heterocycles. The highest BCUT2D eigenvalue weighted by atomic mass is 35.5. The number of amides is 1. The summed E-state index contributed by atoms with van der Waals surface area (Å²) in [5.41, 5.74) is 4.83. The smallest absolute Gasteiger partial charge is 0.255 e. The number of carbonyl (C=O) groups is 1. The van der Waals surface area contributed by atoms with Crippen LogP contribution in [0.2, 0.25) is 5.02 Å². The summed E-state index contributed by atoms with van der Waals surface area (Å²) in [6.07, 6.45) is 0. The van der Waals surface area contributed by atoms with E-state index in [-0.39, 0.29) is 11.7 Å². The molecule has 0 fully saturated rings. The first kappa shape index (κ1) is 19.8. The molecule has 1 aromatic heterocycles. The van der Waals surface area contributed by atoms with Gasteiger partial charge in [-0.15, -0.1) is 0 Å². The lowest BCUT2D eigenvalue weighted by Gasteiger charge is -2.09. The number of halogens is 1. The number of rotatable bonds is 4. The summed E-state index contributed by atoms with van der Waals surface area (Å²) in [5, 5.41) is 13.6. The van der Waals surface area contributed by atoms with E-state index in [9.17, 15) is 9.90 Å². The van der Waals surface area contributed by atoms with E-state index in [2.05, 4.69) is 10.3 Å². The Morgan fingerprint density at radius 3 is 2.57 bits per heavy atom. The minimum atomic E-state index is -0.362. The molecule has 6 nitrogen and oxygen atoms in total. The van der Waals surface area contributed by atoms with Crippen molar-refractivity contribution in [1.82, 2.24) is 4.98 Å². The number of aromatic nitrogens is 1. The molecule has 0 atom stereocenters. The van der Waals surface area contributed by atoms with Crippen LogP contribution in [0.1, 0.15) is 21.5 Å². The van der Waals surface area contributed by atoms with Crippen molar-refractivity contribution in [3.63, 3.8) is 0 Å². The molecule has 30 heavy (non-hydrogen) atoms. The van der Waals surface area contributed by atoms with Crippen molar-refractivity contribution in [2.45, 2.75) is 13.8 Å². The molecular formula is C23H19ClN2O4. The van der Waals surface area contributed by atoms with E-state index >= 15 is 0 Å². The second-order valence-electron chi connectivity index (χ2n) is 6.96. The Balaban J connectivity index is 1.59. The number of fused-ring (bicyclic) bond motifs is 1. The number of hydrogen-bond acceptors (Lipinski definition) is 5. The van der Waals surface area contributed by atoms with Gasteiger partial charge in [-0.25, -0.2) is 4.98 Å². The van der Waals surface area contributed by atoms with Crippen LogP contribution in [-0.4, -0.2) is 23.1 Å². The van der Waals surface area contributed by atoms with Gasteiger partial charge < -0.3 is 19.6 Å². The maximum atomic E-state index is 12.5. The fourth-order valence-electron chi connectivity index (χ4n) is 3.10. The topological polar surface area (TPSA) is 84.6 Å². The number of anilines is 1. The van der Waals surface area contributed by atoms with Crippen molar-refractivity contribution < 1.29 is 19.1 Å². The lowest BCUT2D eigenvalue weighted by Crippen LogP contribution is -2.11. The zero-order valence-corrected chi connectivity index (χ0v) is 17.4. The molecule has 0 radical (unpaired) electrons. The van der Waals surface area contributed by atoms with Gasteiger partial charge in [0.15, 0.2) is 5.58 Å². The third kappa shape index (κ3) is 3.69. The molecule has 0 aliphatic rings. The van der Waals surface area contributed by atoms with Gasteiger partial charge in [-0.2, -0.15) is 0 Å². The predicted molar refractivity (Wildman–Crippen MR) is 117 cm³/mol. The van der Waals surface area contributed by atoms with Gasteiger partial charge in [-0.1, -0.05) is 11.6 Å². The summed E-state index contributed by atoms with van der Waals surface area (Å²) in [6, 6.07) is 13.4. The first-order valence-corrected chi connectivity index (χ1v) is 9.59. The number of methoxy groups -OCH3 is 1. The standard InChI is InChI=1S/C23H19ClN2O4/c1-12-8-18-21(9-13(12)2)30-23(26-18)16-6-5-15(11-19(16)27)25-22(28)14-4-7-20(29-3)17(24)10-14/h4-11,27H,1-3H3,(H,25,28). The zero-order chi connectivity index (χ0) is 21.4. The molecule has 0 unspecified atom stereocenters. The predicted octanol–water partition coefficient (Wildman–Crippen LogP) is 5.73. The normalized spacial score (nSPS) is 10.9. The van der Waals surface area contributed by atoms with Gasteiger partial charge in [-0.3, -0.25) is 4.79 Å². The average Bonchev–Trinajstić information content (AvgIpc) is 3.10. The quantitative estimate of drug-likeness (QED) is 0.438. The lowest BCUT2D eigenvalue weighted by molar-refractivity contribution is 0.102. The minimum Gasteiger partial charge on any atom is -0.507 e. The van der Waals surface area contributed by atoms with E-state index in [0.29, 0.717) is 39.1 Å². The third-order valence-electron chi connectivity index (χ3n) is 4.90. The molecule has 4 aromatic rings. The molecule has 1 heterocycles. The van der Waals surface area contributed by atoms with Crippen LogP contribution in [0.4, 0.5) is 5.69 Å². The van der Waals surface area contributed by atoms with Gasteiger partial charge in [0, 0.05) is 17.3 Å². The zero-order valence-electron chi connectivity index (χ0n) is 16.6. The molecule has 3 aromatic carbocycles. The van der Waals surface area contributed by atoms with Crippen LogP contribution < -0.4 is 10.1 Å². The number of phenolic OH excluding ortho intramolecular Hbond substituents is 1. The van der Waals surface area contributed by atoms with E-state index in [1.807, 2.05) is 26.0 Å².